The van der Waals surface area contributed by atoms with Crippen LogP contribution in [-0.4, -0.2) is 57.4 Å². The Kier molecular flexibility index (Phi) is 5.14. The van der Waals surface area contributed by atoms with Crippen molar-refractivity contribution >= 4 is 5.95 Å². The standard InChI is InChI=1S/C17H28N4O2/c1-13(2)20-16-18-10-14(11-19-16)12-21-7-5-17(6-8-21)15(22)4-3-9-23-17/h10-11,13,15,22H,3-9,12H2,1-2H3,(H,18,19,20)/t15-/m0/s1. The molecule has 0 saturated carbocycles. The summed E-state index contributed by atoms with van der Waals surface area (Å²) < 4.78 is 5.96. The first-order chi connectivity index (χ1) is 11.1. The van der Waals surface area contributed by atoms with E-state index in [1.54, 1.807) is 0 Å². The van der Waals surface area contributed by atoms with Gasteiger partial charge in [0, 0.05) is 50.2 Å². The summed E-state index contributed by atoms with van der Waals surface area (Å²) in [5, 5.41) is 13.5. The minimum atomic E-state index is -0.303. The maximum atomic E-state index is 10.3. The maximum Gasteiger partial charge on any atom is 0.222 e. The first-order valence-corrected chi connectivity index (χ1v) is 8.69. The highest BCUT2D eigenvalue weighted by Gasteiger charge is 2.43. The largest absolute Gasteiger partial charge is 0.390 e. The summed E-state index contributed by atoms with van der Waals surface area (Å²) in [6, 6.07) is 0.334. The monoisotopic (exact) mass is 320 g/mol. The molecule has 2 aliphatic heterocycles. The minimum Gasteiger partial charge on any atom is -0.390 e. The van der Waals surface area contributed by atoms with Gasteiger partial charge in [-0.05, 0) is 39.5 Å². The molecule has 2 N–H and O–H groups in total. The molecule has 0 bridgehead atoms. The maximum absolute atomic E-state index is 10.3. The molecule has 2 fully saturated rings. The first kappa shape index (κ1) is 16.6. The van der Waals surface area contributed by atoms with Crippen LogP contribution in [0.5, 0.6) is 0 Å². The molecule has 6 heteroatoms. The Bertz CT molecular complexity index is 498. The number of hydrogen-bond donors (Lipinski definition) is 2. The molecule has 0 unspecified atom stereocenters. The summed E-state index contributed by atoms with van der Waals surface area (Å²) in [6.07, 6.45) is 7.15. The number of likely N-dealkylation sites (tertiary alicyclic amines) is 1. The summed E-state index contributed by atoms with van der Waals surface area (Å²) in [5.41, 5.74) is 0.830. The molecular weight excluding hydrogens is 292 g/mol. The zero-order valence-electron chi connectivity index (χ0n) is 14.2. The zero-order valence-corrected chi connectivity index (χ0v) is 14.2. The van der Waals surface area contributed by atoms with Crippen molar-refractivity contribution < 1.29 is 9.84 Å². The molecule has 23 heavy (non-hydrogen) atoms. The van der Waals surface area contributed by atoms with Crippen molar-refractivity contribution in [2.45, 2.75) is 63.8 Å². The van der Waals surface area contributed by atoms with Gasteiger partial charge in [-0.3, -0.25) is 4.90 Å². The normalized spacial score (nSPS) is 25.0. The molecule has 1 aromatic heterocycles. The lowest BCUT2D eigenvalue weighted by Crippen LogP contribution is -2.55. The highest BCUT2D eigenvalue weighted by atomic mass is 16.5. The lowest BCUT2D eigenvalue weighted by molar-refractivity contribution is -0.177. The number of aliphatic hydroxyl groups is 1. The molecule has 0 amide bonds. The number of hydrogen-bond acceptors (Lipinski definition) is 6. The predicted molar refractivity (Wildman–Crippen MR) is 89.2 cm³/mol. The average molecular weight is 320 g/mol. The quantitative estimate of drug-likeness (QED) is 0.881. The van der Waals surface area contributed by atoms with Gasteiger partial charge in [0.05, 0.1) is 11.7 Å². The minimum absolute atomic E-state index is 0.295. The molecule has 0 aromatic carbocycles. The van der Waals surface area contributed by atoms with E-state index in [2.05, 4.69) is 34.0 Å². The molecule has 1 atom stereocenters. The Labute approximate surface area is 138 Å². The number of anilines is 1. The predicted octanol–water partition coefficient (Wildman–Crippen LogP) is 1.80. The van der Waals surface area contributed by atoms with E-state index in [-0.39, 0.29) is 11.7 Å². The topological polar surface area (TPSA) is 70.5 Å². The molecular formula is C17H28N4O2. The second-order valence-corrected chi connectivity index (χ2v) is 7.06. The van der Waals surface area contributed by atoms with E-state index in [0.29, 0.717) is 12.0 Å². The van der Waals surface area contributed by atoms with E-state index >= 15 is 0 Å². The van der Waals surface area contributed by atoms with Gasteiger partial charge in [-0.15, -0.1) is 0 Å². The van der Waals surface area contributed by atoms with Crippen LogP contribution in [0.3, 0.4) is 0 Å². The fraction of sp³-hybridized carbons (Fsp3) is 0.765. The molecule has 0 aliphatic carbocycles. The Morgan fingerprint density at radius 2 is 2.04 bits per heavy atom. The van der Waals surface area contributed by atoms with Gasteiger partial charge in [0.2, 0.25) is 5.95 Å². The average Bonchev–Trinajstić information content (AvgIpc) is 2.54. The molecule has 2 aliphatic rings. The number of nitrogens with one attached hydrogen (secondary N) is 1. The van der Waals surface area contributed by atoms with Gasteiger partial charge in [-0.1, -0.05) is 0 Å². The summed E-state index contributed by atoms with van der Waals surface area (Å²) in [7, 11) is 0. The van der Waals surface area contributed by atoms with E-state index in [9.17, 15) is 5.11 Å². The van der Waals surface area contributed by atoms with Crippen LogP contribution >= 0.6 is 0 Å². The third-order valence-corrected chi connectivity index (χ3v) is 4.85. The van der Waals surface area contributed by atoms with Crippen LogP contribution in [0.25, 0.3) is 0 Å². The van der Waals surface area contributed by atoms with E-state index in [1.165, 1.54) is 0 Å². The molecule has 3 rings (SSSR count). The number of aliphatic hydroxyl groups excluding tert-OH is 1. The molecule has 2 saturated heterocycles. The van der Waals surface area contributed by atoms with Gasteiger partial charge in [0.15, 0.2) is 0 Å². The van der Waals surface area contributed by atoms with Crippen molar-refractivity contribution in [1.82, 2.24) is 14.9 Å². The summed E-state index contributed by atoms with van der Waals surface area (Å²) in [5.74, 6) is 0.681. The second kappa shape index (κ2) is 7.11. The summed E-state index contributed by atoms with van der Waals surface area (Å²) in [6.45, 7) is 7.68. The van der Waals surface area contributed by atoms with Gasteiger partial charge in [-0.2, -0.15) is 0 Å². The van der Waals surface area contributed by atoms with E-state index in [0.717, 1.165) is 57.5 Å². The molecule has 1 spiro atoms. The van der Waals surface area contributed by atoms with E-state index in [4.69, 9.17) is 4.74 Å². The molecule has 1 aromatic rings. The number of aromatic nitrogens is 2. The van der Waals surface area contributed by atoms with Crippen LogP contribution in [0.2, 0.25) is 0 Å². The van der Waals surface area contributed by atoms with Crippen molar-refractivity contribution in [3.05, 3.63) is 18.0 Å². The zero-order chi connectivity index (χ0) is 16.3. The Hall–Kier alpha value is -1.24. The van der Waals surface area contributed by atoms with Crippen molar-refractivity contribution in [3.8, 4) is 0 Å². The highest BCUT2D eigenvalue weighted by Crippen LogP contribution is 2.35. The van der Waals surface area contributed by atoms with Gasteiger partial charge in [0.25, 0.3) is 0 Å². The molecule has 3 heterocycles. The summed E-state index contributed by atoms with van der Waals surface area (Å²) in [4.78, 5) is 11.1. The van der Waals surface area contributed by atoms with Crippen LogP contribution in [-0.2, 0) is 11.3 Å². The van der Waals surface area contributed by atoms with Gasteiger partial charge in [0.1, 0.15) is 0 Å². The van der Waals surface area contributed by atoms with Gasteiger partial charge in [-0.25, -0.2) is 9.97 Å². The Morgan fingerprint density at radius 1 is 1.35 bits per heavy atom. The lowest BCUT2D eigenvalue weighted by atomic mass is 9.82. The molecule has 6 nitrogen and oxygen atoms in total. The van der Waals surface area contributed by atoms with Crippen LogP contribution < -0.4 is 5.32 Å². The first-order valence-electron chi connectivity index (χ1n) is 8.69. The van der Waals surface area contributed by atoms with Gasteiger partial charge < -0.3 is 15.2 Å². The van der Waals surface area contributed by atoms with Crippen molar-refractivity contribution in [3.63, 3.8) is 0 Å². The smallest absolute Gasteiger partial charge is 0.222 e. The number of nitrogens with zero attached hydrogens (tertiary/aromatic N) is 3. The van der Waals surface area contributed by atoms with E-state index < -0.39 is 0 Å². The number of ether oxygens (including phenoxy) is 1. The second-order valence-electron chi connectivity index (χ2n) is 7.06. The fourth-order valence-corrected chi connectivity index (χ4v) is 3.51. The number of piperidine rings is 1. The van der Waals surface area contributed by atoms with Crippen molar-refractivity contribution in [1.29, 1.82) is 0 Å². The van der Waals surface area contributed by atoms with Crippen molar-refractivity contribution in [2.24, 2.45) is 0 Å². The summed E-state index contributed by atoms with van der Waals surface area (Å²) >= 11 is 0. The molecule has 128 valence electrons. The van der Waals surface area contributed by atoms with Crippen LogP contribution in [0, 0.1) is 0 Å². The number of rotatable bonds is 4. The van der Waals surface area contributed by atoms with E-state index in [1.807, 2.05) is 12.4 Å². The molecule has 0 radical (unpaired) electrons. The Balaban J connectivity index is 1.52. The SMILES string of the molecule is CC(C)Nc1ncc(CN2CCC3(CC2)OCCC[C@@H]3O)cn1. The lowest BCUT2D eigenvalue weighted by Gasteiger charge is -2.46. The van der Waals surface area contributed by atoms with Crippen LogP contribution in [0.1, 0.15) is 45.1 Å². The third kappa shape index (κ3) is 4.00. The van der Waals surface area contributed by atoms with Gasteiger partial charge >= 0.3 is 0 Å². The highest BCUT2D eigenvalue weighted by molar-refractivity contribution is 5.25. The Morgan fingerprint density at radius 3 is 2.65 bits per heavy atom. The fourth-order valence-electron chi connectivity index (χ4n) is 3.51. The van der Waals surface area contributed by atoms with Crippen LogP contribution in [0.4, 0.5) is 5.95 Å². The van der Waals surface area contributed by atoms with Crippen LogP contribution in [0.15, 0.2) is 12.4 Å². The third-order valence-electron chi connectivity index (χ3n) is 4.85. The van der Waals surface area contributed by atoms with Crippen molar-refractivity contribution in [2.75, 3.05) is 25.0 Å².